The molecule has 0 aliphatic rings. The number of aromatic nitrogens is 3. The molecule has 6 nitrogen and oxygen atoms in total. The van der Waals surface area contributed by atoms with E-state index >= 15 is 0 Å². The molecule has 0 fully saturated rings. The van der Waals surface area contributed by atoms with Crippen LogP contribution in [0.3, 0.4) is 0 Å². The summed E-state index contributed by atoms with van der Waals surface area (Å²) in [7, 11) is 0. The maximum atomic E-state index is 9.05. The lowest BCUT2D eigenvalue weighted by Gasteiger charge is -1.93. The van der Waals surface area contributed by atoms with E-state index in [9.17, 15) is 0 Å². The number of hydrogen-bond donors (Lipinski definition) is 0. The van der Waals surface area contributed by atoms with Crippen LogP contribution < -0.4 is 0 Å². The van der Waals surface area contributed by atoms with Gasteiger partial charge < -0.3 is 9.05 Å². The Bertz CT molecular complexity index is 814. The van der Waals surface area contributed by atoms with Crippen molar-refractivity contribution in [1.82, 2.24) is 15.3 Å². The van der Waals surface area contributed by atoms with E-state index in [0.717, 1.165) is 10.0 Å². The quantitative estimate of drug-likeness (QED) is 0.724. The van der Waals surface area contributed by atoms with Crippen molar-refractivity contribution in [3.63, 3.8) is 0 Å². The van der Waals surface area contributed by atoms with Crippen LogP contribution in [0, 0.1) is 18.3 Å². The molecule has 104 valence electrons. The smallest absolute Gasteiger partial charge is 0.233 e. The Morgan fingerprint density at radius 2 is 1.95 bits per heavy atom. The van der Waals surface area contributed by atoms with E-state index in [1.807, 2.05) is 24.3 Å². The van der Waals surface area contributed by atoms with Crippen LogP contribution in [-0.2, 0) is 6.42 Å². The molecule has 0 unspecified atom stereocenters. The number of benzene rings is 1. The van der Waals surface area contributed by atoms with E-state index in [1.165, 1.54) is 0 Å². The summed E-state index contributed by atoms with van der Waals surface area (Å²) in [6.07, 6.45) is 0.268. The van der Waals surface area contributed by atoms with Gasteiger partial charge in [-0.15, -0.1) is 0 Å². The lowest BCUT2D eigenvalue weighted by Crippen LogP contribution is -1.92. The third kappa shape index (κ3) is 2.71. The van der Waals surface area contributed by atoms with Crippen molar-refractivity contribution in [1.29, 1.82) is 5.26 Å². The normalized spacial score (nSPS) is 10.5. The molecule has 1 aromatic carbocycles. The van der Waals surface area contributed by atoms with Gasteiger partial charge in [-0.25, -0.2) is 0 Å². The summed E-state index contributed by atoms with van der Waals surface area (Å²) in [5, 5.41) is 16.8. The lowest BCUT2D eigenvalue weighted by molar-refractivity contribution is 0.371. The highest BCUT2D eigenvalue weighted by Crippen LogP contribution is 2.21. The Hall–Kier alpha value is -2.46. The molecule has 3 aromatic rings. The first-order valence-electron chi connectivity index (χ1n) is 6.11. The second-order valence-corrected chi connectivity index (χ2v) is 5.28. The van der Waals surface area contributed by atoms with Gasteiger partial charge >= 0.3 is 0 Å². The van der Waals surface area contributed by atoms with Crippen molar-refractivity contribution in [2.45, 2.75) is 13.3 Å². The Balaban J connectivity index is 1.85. The predicted octanol–water partition coefficient (Wildman–Crippen LogP) is 3.26. The number of hydrogen-bond acceptors (Lipinski definition) is 6. The monoisotopic (exact) mass is 344 g/mol. The van der Waals surface area contributed by atoms with E-state index in [0.29, 0.717) is 28.7 Å². The van der Waals surface area contributed by atoms with E-state index in [4.69, 9.17) is 14.3 Å². The molecular weight excluding hydrogens is 336 g/mol. The molecule has 0 amide bonds. The van der Waals surface area contributed by atoms with E-state index in [2.05, 4.69) is 37.3 Å². The zero-order valence-corrected chi connectivity index (χ0v) is 12.6. The Morgan fingerprint density at radius 3 is 2.67 bits per heavy atom. The summed E-state index contributed by atoms with van der Waals surface area (Å²) < 4.78 is 11.2. The van der Waals surface area contributed by atoms with Gasteiger partial charge in [0.1, 0.15) is 17.3 Å². The van der Waals surface area contributed by atoms with Gasteiger partial charge in [0.2, 0.25) is 11.7 Å². The average molecular weight is 345 g/mol. The van der Waals surface area contributed by atoms with Gasteiger partial charge in [-0.3, -0.25) is 0 Å². The number of halogens is 1. The Morgan fingerprint density at radius 1 is 1.19 bits per heavy atom. The van der Waals surface area contributed by atoms with Crippen molar-refractivity contribution in [2.24, 2.45) is 0 Å². The molecule has 0 atom stereocenters. The van der Waals surface area contributed by atoms with Crippen molar-refractivity contribution < 1.29 is 9.05 Å². The minimum atomic E-state index is 0.268. The lowest BCUT2D eigenvalue weighted by atomic mass is 10.1. The fraction of sp³-hybridized carbons (Fsp3) is 0.143. The van der Waals surface area contributed by atoms with Gasteiger partial charge in [0.25, 0.3) is 0 Å². The molecule has 0 aliphatic carbocycles. The van der Waals surface area contributed by atoms with Crippen LogP contribution in [0.4, 0.5) is 0 Å². The van der Waals surface area contributed by atoms with Gasteiger partial charge in [-0.2, -0.15) is 10.2 Å². The maximum absolute atomic E-state index is 9.05. The summed E-state index contributed by atoms with van der Waals surface area (Å²) in [5.41, 5.74) is 1.77. The molecule has 0 bridgehead atoms. The first-order chi connectivity index (χ1) is 10.2. The van der Waals surface area contributed by atoms with E-state index in [1.54, 1.807) is 6.92 Å². The molecule has 3 rings (SSSR count). The van der Waals surface area contributed by atoms with Gasteiger partial charge in [-0.1, -0.05) is 26.2 Å². The standard InChI is InChI=1S/C14H9BrN4O2/c1-8-11(7-16)12(18-20-8)6-13-17-14(19-21-13)9-2-4-10(15)5-3-9/h2-5H,6H2,1H3. The third-order valence-electron chi connectivity index (χ3n) is 2.93. The second kappa shape index (κ2) is 5.50. The molecule has 0 N–H and O–H groups in total. The fourth-order valence-electron chi connectivity index (χ4n) is 1.87. The van der Waals surface area contributed by atoms with E-state index in [-0.39, 0.29) is 6.42 Å². The van der Waals surface area contributed by atoms with Gasteiger partial charge in [0.15, 0.2) is 5.76 Å². The van der Waals surface area contributed by atoms with Gasteiger partial charge in [0, 0.05) is 10.0 Å². The number of rotatable bonds is 3. The van der Waals surface area contributed by atoms with Crippen LogP contribution in [0.5, 0.6) is 0 Å². The van der Waals surface area contributed by atoms with Gasteiger partial charge in [0.05, 0.1) is 6.42 Å². The first kappa shape index (κ1) is 13.5. The molecule has 2 heterocycles. The zero-order valence-electron chi connectivity index (χ0n) is 11.0. The van der Waals surface area contributed by atoms with Crippen LogP contribution >= 0.6 is 15.9 Å². The Labute approximate surface area is 128 Å². The highest BCUT2D eigenvalue weighted by atomic mass is 79.9. The number of nitriles is 1. The number of aryl methyl sites for hydroxylation is 1. The van der Waals surface area contributed by atoms with Crippen LogP contribution in [0.25, 0.3) is 11.4 Å². The topological polar surface area (TPSA) is 88.7 Å². The second-order valence-electron chi connectivity index (χ2n) is 4.37. The van der Waals surface area contributed by atoms with Crippen molar-refractivity contribution in [2.75, 3.05) is 0 Å². The van der Waals surface area contributed by atoms with Crippen LogP contribution in [0.1, 0.15) is 22.9 Å². The molecule has 0 radical (unpaired) electrons. The van der Waals surface area contributed by atoms with Gasteiger partial charge in [-0.05, 0) is 31.2 Å². The Kier molecular flexibility index (Phi) is 3.54. The number of nitrogens with zero attached hydrogens (tertiary/aromatic N) is 4. The summed E-state index contributed by atoms with van der Waals surface area (Å²) in [4.78, 5) is 4.31. The molecular formula is C14H9BrN4O2. The summed E-state index contributed by atoms with van der Waals surface area (Å²) >= 11 is 3.37. The molecule has 0 spiro atoms. The fourth-order valence-corrected chi connectivity index (χ4v) is 2.13. The molecule has 0 saturated carbocycles. The summed E-state index contributed by atoms with van der Waals surface area (Å²) in [5.74, 6) is 1.37. The van der Waals surface area contributed by atoms with Crippen LogP contribution in [0.15, 0.2) is 37.8 Å². The molecule has 7 heteroatoms. The highest BCUT2D eigenvalue weighted by Gasteiger charge is 2.16. The molecule has 21 heavy (non-hydrogen) atoms. The van der Waals surface area contributed by atoms with E-state index < -0.39 is 0 Å². The molecule has 0 aliphatic heterocycles. The third-order valence-corrected chi connectivity index (χ3v) is 3.46. The summed E-state index contributed by atoms with van der Waals surface area (Å²) in [6.45, 7) is 1.69. The SMILES string of the molecule is Cc1onc(Cc2nc(-c3ccc(Br)cc3)no2)c1C#N. The van der Waals surface area contributed by atoms with Crippen molar-refractivity contribution >= 4 is 15.9 Å². The van der Waals surface area contributed by atoms with Crippen LogP contribution in [0.2, 0.25) is 0 Å². The minimum Gasteiger partial charge on any atom is -0.360 e. The summed E-state index contributed by atoms with van der Waals surface area (Å²) in [6, 6.07) is 9.64. The maximum Gasteiger partial charge on any atom is 0.233 e. The molecule has 0 saturated heterocycles. The first-order valence-corrected chi connectivity index (χ1v) is 6.90. The largest absolute Gasteiger partial charge is 0.360 e. The highest BCUT2D eigenvalue weighted by molar-refractivity contribution is 9.10. The minimum absolute atomic E-state index is 0.268. The predicted molar refractivity (Wildman–Crippen MR) is 76.2 cm³/mol. The average Bonchev–Trinajstić information content (AvgIpc) is 3.07. The molecule has 2 aromatic heterocycles. The van der Waals surface area contributed by atoms with Crippen molar-refractivity contribution in [3.05, 3.63) is 51.6 Å². The van der Waals surface area contributed by atoms with Crippen molar-refractivity contribution in [3.8, 4) is 17.5 Å². The van der Waals surface area contributed by atoms with Crippen LogP contribution in [-0.4, -0.2) is 15.3 Å². The zero-order chi connectivity index (χ0) is 14.8.